The monoisotopic (exact) mass is 480 g/mol. The number of nitrogens with one attached hydrogen (secondary N) is 1. The lowest BCUT2D eigenvalue weighted by atomic mass is 9.92. The molecule has 0 saturated carbocycles. The highest BCUT2D eigenvalue weighted by atomic mass is 127. The van der Waals surface area contributed by atoms with Gasteiger partial charge in [-0.1, -0.05) is 13.8 Å². The lowest BCUT2D eigenvalue weighted by Gasteiger charge is -2.34. The summed E-state index contributed by atoms with van der Waals surface area (Å²) in [5.41, 5.74) is 0. The van der Waals surface area contributed by atoms with E-state index in [-0.39, 0.29) is 24.0 Å². The Hall–Kier alpha value is -0.0800. The number of halogens is 1. The molecule has 0 radical (unpaired) electrons. The summed E-state index contributed by atoms with van der Waals surface area (Å²) in [6.07, 6.45) is 5.05. The lowest BCUT2D eigenvalue weighted by molar-refractivity contribution is 0.139. The van der Waals surface area contributed by atoms with Crippen LogP contribution in [0.15, 0.2) is 4.99 Å². The highest BCUT2D eigenvalue weighted by Gasteiger charge is 2.24. The number of guanidine groups is 1. The second kappa shape index (κ2) is 13.2. The molecule has 2 rings (SSSR count). The zero-order valence-electron chi connectivity index (χ0n) is 17.4. The lowest BCUT2D eigenvalue weighted by Crippen LogP contribution is -2.40. The van der Waals surface area contributed by atoms with Gasteiger partial charge >= 0.3 is 0 Å². The third kappa shape index (κ3) is 8.30. The van der Waals surface area contributed by atoms with Gasteiger partial charge in [0.1, 0.15) is 0 Å². The number of hydrogen-bond donors (Lipinski definition) is 1. The van der Waals surface area contributed by atoms with Gasteiger partial charge in [-0.3, -0.25) is 4.99 Å². The Kier molecular flexibility index (Phi) is 12.1. The van der Waals surface area contributed by atoms with Crippen molar-refractivity contribution in [3.63, 3.8) is 0 Å². The molecule has 0 aromatic carbocycles. The Bertz CT molecular complexity index is 397. The number of ether oxygens (including phenoxy) is 1. The number of unbranched alkanes of at least 4 members (excludes halogenated alkanes) is 1. The van der Waals surface area contributed by atoms with Crippen molar-refractivity contribution in [3.8, 4) is 0 Å². The van der Waals surface area contributed by atoms with E-state index < -0.39 is 0 Å². The molecule has 5 nitrogen and oxygen atoms in total. The quantitative estimate of drug-likeness (QED) is 0.251. The van der Waals surface area contributed by atoms with Crippen molar-refractivity contribution in [2.45, 2.75) is 46.5 Å². The van der Waals surface area contributed by atoms with Crippen molar-refractivity contribution in [1.82, 2.24) is 15.1 Å². The fourth-order valence-electron chi connectivity index (χ4n) is 4.43. The van der Waals surface area contributed by atoms with Gasteiger partial charge < -0.3 is 19.9 Å². The molecule has 0 bridgehead atoms. The van der Waals surface area contributed by atoms with Gasteiger partial charge in [-0.15, -0.1) is 24.0 Å². The highest BCUT2D eigenvalue weighted by Crippen LogP contribution is 2.21. The zero-order chi connectivity index (χ0) is 18.1. The smallest absolute Gasteiger partial charge is 0.193 e. The summed E-state index contributed by atoms with van der Waals surface area (Å²) in [7, 11) is 1.80. The molecule has 2 fully saturated rings. The van der Waals surface area contributed by atoms with E-state index >= 15 is 0 Å². The van der Waals surface area contributed by atoms with Crippen LogP contribution in [0.2, 0.25) is 0 Å². The van der Waals surface area contributed by atoms with Gasteiger partial charge in [-0.05, 0) is 51.0 Å². The fourth-order valence-corrected chi connectivity index (χ4v) is 4.43. The van der Waals surface area contributed by atoms with Gasteiger partial charge in [0.15, 0.2) is 5.96 Å². The zero-order valence-corrected chi connectivity index (χ0v) is 19.7. The maximum Gasteiger partial charge on any atom is 0.193 e. The molecule has 0 spiro atoms. The number of methoxy groups -OCH3 is 1. The first kappa shape index (κ1) is 24.0. The van der Waals surface area contributed by atoms with Crippen molar-refractivity contribution in [3.05, 3.63) is 0 Å². The summed E-state index contributed by atoms with van der Waals surface area (Å²) < 4.78 is 5.31. The minimum absolute atomic E-state index is 0. The van der Waals surface area contributed by atoms with Crippen LogP contribution in [0.5, 0.6) is 0 Å². The predicted octanol–water partition coefficient (Wildman–Crippen LogP) is 3.30. The maximum atomic E-state index is 5.31. The second-order valence-corrected chi connectivity index (χ2v) is 8.20. The Labute approximate surface area is 178 Å². The Morgan fingerprint density at radius 3 is 2.54 bits per heavy atom. The van der Waals surface area contributed by atoms with Gasteiger partial charge in [-0.25, -0.2) is 0 Å². The van der Waals surface area contributed by atoms with E-state index in [0.29, 0.717) is 5.92 Å². The third-order valence-corrected chi connectivity index (χ3v) is 5.41. The van der Waals surface area contributed by atoms with E-state index in [1.165, 1.54) is 45.3 Å². The van der Waals surface area contributed by atoms with Crippen molar-refractivity contribution in [2.24, 2.45) is 22.7 Å². The molecule has 2 aliphatic heterocycles. The number of piperidine rings is 1. The number of hydrogen-bond acceptors (Lipinski definition) is 3. The molecule has 3 atom stereocenters. The molecular weight excluding hydrogens is 439 g/mol. The average molecular weight is 480 g/mol. The second-order valence-electron chi connectivity index (χ2n) is 8.20. The normalized spacial score (nSPS) is 27.5. The van der Waals surface area contributed by atoms with Crippen molar-refractivity contribution in [1.29, 1.82) is 0 Å². The summed E-state index contributed by atoms with van der Waals surface area (Å²) in [4.78, 5) is 9.93. The van der Waals surface area contributed by atoms with E-state index in [1.54, 1.807) is 7.11 Å². The third-order valence-electron chi connectivity index (χ3n) is 5.41. The summed E-state index contributed by atoms with van der Waals surface area (Å²) >= 11 is 0. The van der Waals surface area contributed by atoms with Crippen LogP contribution >= 0.6 is 24.0 Å². The molecule has 6 heteroatoms. The minimum Gasteiger partial charge on any atom is -0.384 e. The topological polar surface area (TPSA) is 40.1 Å². The molecule has 26 heavy (non-hydrogen) atoms. The average Bonchev–Trinajstić information content (AvgIpc) is 3.01. The Morgan fingerprint density at radius 2 is 1.88 bits per heavy atom. The van der Waals surface area contributed by atoms with Gasteiger partial charge in [0.2, 0.25) is 0 Å². The van der Waals surface area contributed by atoms with Crippen molar-refractivity contribution < 1.29 is 4.74 Å². The number of rotatable bonds is 8. The number of likely N-dealkylation sites (tertiary alicyclic amines) is 2. The van der Waals surface area contributed by atoms with E-state index in [4.69, 9.17) is 9.73 Å². The fraction of sp³-hybridized carbons (Fsp3) is 0.950. The summed E-state index contributed by atoms with van der Waals surface area (Å²) in [6, 6.07) is 0. The SMILES string of the molecule is CCNC(=NCCCCN1CC(C)CC(C)C1)N1CCC(COC)C1.I. The molecule has 2 saturated heterocycles. The largest absolute Gasteiger partial charge is 0.384 e. The molecule has 0 amide bonds. The molecule has 154 valence electrons. The van der Waals surface area contributed by atoms with Crippen LogP contribution in [-0.2, 0) is 4.74 Å². The summed E-state index contributed by atoms with van der Waals surface area (Å²) in [5.74, 6) is 3.47. The molecule has 2 heterocycles. The van der Waals surface area contributed by atoms with Gasteiger partial charge in [0, 0.05) is 52.3 Å². The molecule has 1 N–H and O–H groups in total. The molecule has 0 aliphatic carbocycles. The predicted molar refractivity (Wildman–Crippen MR) is 122 cm³/mol. The van der Waals surface area contributed by atoms with E-state index in [1.807, 2.05) is 0 Å². The van der Waals surface area contributed by atoms with Crippen LogP contribution in [0, 0.1) is 17.8 Å². The van der Waals surface area contributed by atoms with Crippen LogP contribution in [-0.4, -0.2) is 75.3 Å². The van der Waals surface area contributed by atoms with Crippen molar-refractivity contribution >= 4 is 29.9 Å². The van der Waals surface area contributed by atoms with Crippen LogP contribution in [0.4, 0.5) is 0 Å². The first-order valence-electron chi connectivity index (χ1n) is 10.4. The maximum absolute atomic E-state index is 5.31. The molecule has 3 unspecified atom stereocenters. The number of aliphatic imine (C=N–C) groups is 1. The van der Waals surface area contributed by atoms with Crippen LogP contribution in [0.1, 0.15) is 46.5 Å². The van der Waals surface area contributed by atoms with Crippen LogP contribution < -0.4 is 5.32 Å². The first-order valence-corrected chi connectivity index (χ1v) is 10.4. The highest BCUT2D eigenvalue weighted by molar-refractivity contribution is 14.0. The van der Waals surface area contributed by atoms with Crippen LogP contribution in [0.3, 0.4) is 0 Å². The van der Waals surface area contributed by atoms with Gasteiger partial charge in [-0.2, -0.15) is 0 Å². The van der Waals surface area contributed by atoms with E-state index in [2.05, 4.69) is 35.9 Å². The number of nitrogens with zero attached hydrogens (tertiary/aromatic N) is 3. The molecule has 2 aliphatic rings. The Balaban J connectivity index is 0.00000338. The molecular formula is C20H41IN4O. The van der Waals surface area contributed by atoms with Gasteiger partial charge in [0.25, 0.3) is 0 Å². The van der Waals surface area contributed by atoms with E-state index in [9.17, 15) is 0 Å². The van der Waals surface area contributed by atoms with Crippen molar-refractivity contribution in [2.75, 3.05) is 59.5 Å². The summed E-state index contributed by atoms with van der Waals surface area (Å²) in [6.45, 7) is 15.6. The van der Waals surface area contributed by atoms with E-state index in [0.717, 1.165) is 50.6 Å². The molecule has 0 aromatic heterocycles. The first-order chi connectivity index (χ1) is 12.1. The van der Waals surface area contributed by atoms with Crippen LogP contribution in [0.25, 0.3) is 0 Å². The standard InChI is InChI=1S/C20H40N4O.HI/c1-5-21-20(24-11-8-19(15-24)16-25-4)22-9-6-7-10-23-13-17(2)12-18(3)14-23;/h17-19H,5-16H2,1-4H3,(H,21,22);1H. The Morgan fingerprint density at radius 1 is 1.15 bits per heavy atom. The van der Waals surface area contributed by atoms with Gasteiger partial charge in [0.05, 0.1) is 6.61 Å². The summed E-state index contributed by atoms with van der Waals surface area (Å²) in [5, 5.41) is 3.46. The minimum atomic E-state index is 0. The molecule has 0 aromatic rings.